The molecule has 0 N–H and O–H groups in total. The summed E-state index contributed by atoms with van der Waals surface area (Å²) in [7, 11) is -7.85. The van der Waals surface area contributed by atoms with Gasteiger partial charge in [0.15, 0.2) is 0 Å². The second-order valence-electron chi connectivity index (χ2n) is 4.69. The van der Waals surface area contributed by atoms with E-state index in [4.69, 9.17) is 8.37 Å². The maximum atomic E-state index is 11.9. The predicted molar refractivity (Wildman–Crippen MR) is 102 cm³/mol. The van der Waals surface area contributed by atoms with E-state index < -0.39 is 33.5 Å². The van der Waals surface area contributed by atoms with Crippen LogP contribution < -0.4 is 0 Å². The first-order valence-electron chi connectivity index (χ1n) is 6.96. The van der Waals surface area contributed by atoms with E-state index in [9.17, 15) is 16.8 Å². The van der Waals surface area contributed by atoms with Crippen LogP contribution in [0, 0.1) is 11.8 Å². The lowest BCUT2D eigenvalue weighted by Crippen LogP contribution is -2.08. The van der Waals surface area contributed by atoms with E-state index in [1.165, 1.54) is 24.3 Å². The Hall–Kier alpha value is -1.22. The Kier molecular flexibility index (Phi) is 7.40. The summed E-state index contributed by atoms with van der Waals surface area (Å²) in [5.41, 5.74) is 0. The van der Waals surface area contributed by atoms with E-state index in [-0.39, 0.29) is 9.79 Å². The van der Waals surface area contributed by atoms with Gasteiger partial charge in [0.2, 0.25) is 0 Å². The highest BCUT2D eigenvalue weighted by molar-refractivity contribution is 9.10. The molecule has 2 aromatic rings. The molecule has 2 rings (SSSR count). The third kappa shape index (κ3) is 6.19. The summed E-state index contributed by atoms with van der Waals surface area (Å²) in [4.78, 5) is -0.00636. The van der Waals surface area contributed by atoms with Crippen molar-refractivity contribution < 1.29 is 25.2 Å². The highest BCUT2D eigenvalue weighted by Crippen LogP contribution is 2.17. The standard InChI is InChI=1S/C16H12Br2O6S2/c17-13-3-7-15(8-4-13)25(19,20)23-11-1-2-12-24-26(21,22)16-9-5-14(18)6-10-16/h3-10H,11-12H2. The van der Waals surface area contributed by atoms with E-state index in [1.807, 2.05) is 0 Å². The van der Waals surface area contributed by atoms with Gasteiger partial charge in [-0.1, -0.05) is 43.7 Å². The van der Waals surface area contributed by atoms with Crippen molar-refractivity contribution in [2.45, 2.75) is 9.79 Å². The molecule has 0 aliphatic rings. The molecule has 0 unspecified atom stereocenters. The zero-order valence-corrected chi connectivity index (χ0v) is 17.9. The molecule has 0 spiro atoms. The number of hydrogen-bond acceptors (Lipinski definition) is 6. The molecule has 0 atom stereocenters. The van der Waals surface area contributed by atoms with E-state index in [0.29, 0.717) is 0 Å². The van der Waals surface area contributed by atoms with Gasteiger partial charge in [0, 0.05) is 8.95 Å². The molecule has 0 heterocycles. The summed E-state index contributed by atoms with van der Waals surface area (Å²) in [5, 5.41) is 0. The first-order valence-corrected chi connectivity index (χ1v) is 11.4. The van der Waals surface area contributed by atoms with Gasteiger partial charge < -0.3 is 0 Å². The minimum atomic E-state index is -3.93. The molecule has 0 amide bonds. The Balaban J connectivity index is 1.87. The van der Waals surface area contributed by atoms with Gasteiger partial charge in [-0.3, -0.25) is 8.37 Å². The first-order chi connectivity index (χ1) is 12.2. The van der Waals surface area contributed by atoms with Crippen LogP contribution in [0.1, 0.15) is 0 Å². The van der Waals surface area contributed by atoms with Crippen LogP contribution in [-0.2, 0) is 28.6 Å². The van der Waals surface area contributed by atoms with Gasteiger partial charge in [-0.2, -0.15) is 16.8 Å². The third-order valence-electron chi connectivity index (χ3n) is 2.90. The number of benzene rings is 2. The molecule has 10 heteroatoms. The highest BCUT2D eigenvalue weighted by atomic mass is 79.9. The summed E-state index contributed by atoms with van der Waals surface area (Å²) < 4.78 is 58.6. The van der Waals surface area contributed by atoms with Gasteiger partial charge in [0.25, 0.3) is 20.2 Å². The van der Waals surface area contributed by atoms with Crippen LogP contribution in [0.25, 0.3) is 0 Å². The van der Waals surface area contributed by atoms with E-state index >= 15 is 0 Å². The zero-order chi connectivity index (χ0) is 19.2. The van der Waals surface area contributed by atoms with Gasteiger partial charge in [0.05, 0.1) is 9.79 Å². The number of halogens is 2. The molecule has 138 valence electrons. The second-order valence-corrected chi connectivity index (χ2v) is 9.76. The molecular weight excluding hydrogens is 512 g/mol. The van der Waals surface area contributed by atoms with Crippen molar-refractivity contribution in [2.24, 2.45) is 0 Å². The molecule has 6 nitrogen and oxygen atoms in total. The fourth-order valence-corrected chi connectivity index (χ4v) is 3.82. The molecular formula is C16H12Br2O6S2. The van der Waals surface area contributed by atoms with Crippen LogP contribution >= 0.6 is 31.9 Å². The van der Waals surface area contributed by atoms with Crippen molar-refractivity contribution >= 4 is 52.1 Å². The fraction of sp³-hybridized carbons (Fsp3) is 0.125. The molecule has 2 aromatic carbocycles. The lowest BCUT2D eigenvalue weighted by Gasteiger charge is -2.03. The Morgan fingerprint density at radius 1 is 0.654 bits per heavy atom. The second kappa shape index (κ2) is 9.12. The topological polar surface area (TPSA) is 86.7 Å². The summed E-state index contributed by atoms with van der Waals surface area (Å²) in [5.74, 6) is 4.80. The Morgan fingerprint density at radius 3 is 1.27 bits per heavy atom. The minimum absolute atomic E-state index is 0.00318. The summed E-state index contributed by atoms with van der Waals surface area (Å²) >= 11 is 6.41. The molecule has 0 bridgehead atoms. The molecule has 0 aliphatic carbocycles. The molecule has 0 radical (unpaired) electrons. The highest BCUT2D eigenvalue weighted by Gasteiger charge is 2.15. The Bertz CT molecular complexity index is 935. The minimum Gasteiger partial charge on any atom is -0.253 e. The van der Waals surface area contributed by atoms with Crippen molar-refractivity contribution in [1.82, 2.24) is 0 Å². The molecule has 0 saturated heterocycles. The van der Waals surface area contributed by atoms with Crippen molar-refractivity contribution in [3.63, 3.8) is 0 Å². The van der Waals surface area contributed by atoms with Crippen molar-refractivity contribution in [2.75, 3.05) is 13.2 Å². The maximum Gasteiger partial charge on any atom is 0.297 e. The summed E-state index contributed by atoms with van der Waals surface area (Å²) in [6, 6.07) is 11.8. The molecule has 0 aromatic heterocycles. The SMILES string of the molecule is O=S(=O)(OCC#CCOS(=O)(=O)c1ccc(Br)cc1)c1ccc(Br)cc1. The van der Waals surface area contributed by atoms with Crippen LogP contribution in [0.2, 0.25) is 0 Å². The van der Waals surface area contributed by atoms with Crippen LogP contribution in [0.5, 0.6) is 0 Å². The Morgan fingerprint density at radius 2 is 0.962 bits per heavy atom. The third-order valence-corrected chi connectivity index (χ3v) is 6.51. The first kappa shape index (κ1) is 21.1. The van der Waals surface area contributed by atoms with Crippen LogP contribution in [0.3, 0.4) is 0 Å². The van der Waals surface area contributed by atoms with Crippen LogP contribution in [0.4, 0.5) is 0 Å². The van der Waals surface area contributed by atoms with Gasteiger partial charge in [0.1, 0.15) is 13.2 Å². The van der Waals surface area contributed by atoms with Gasteiger partial charge in [-0.05, 0) is 48.5 Å². The maximum absolute atomic E-state index is 11.9. The predicted octanol–water partition coefficient (Wildman–Crippen LogP) is 3.33. The normalized spacial score (nSPS) is 11.6. The lowest BCUT2D eigenvalue weighted by atomic mass is 10.4. The van der Waals surface area contributed by atoms with Gasteiger partial charge in [-0.25, -0.2) is 0 Å². The Labute approximate surface area is 169 Å². The van der Waals surface area contributed by atoms with Crippen molar-refractivity contribution in [3.8, 4) is 11.8 Å². The zero-order valence-electron chi connectivity index (χ0n) is 13.1. The van der Waals surface area contributed by atoms with E-state index in [2.05, 4.69) is 43.7 Å². The smallest absolute Gasteiger partial charge is 0.253 e. The largest absolute Gasteiger partial charge is 0.297 e. The lowest BCUT2D eigenvalue weighted by molar-refractivity contribution is 0.355. The fourth-order valence-electron chi connectivity index (χ4n) is 1.65. The van der Waals surface area contributed by atoms with Gasteiger partial charge >= 0.3 is 0 Å². The van der Waals surface area contributed by atoms with Crippen molar-refractivity contribution in [1.29, 1.82) is 0 Å². The molecule has 0 saturated carbocycles. The quantitative estimate of drug-likeness (QED) is 0.426. The van der Waals surface area contributed by atoms with Crippen molar-refractivity contribution in [3.05, 3.63) is 57.5 Å². The summed E-state index contributed by atoms with van der Waals surface area (Å²) in [6.07, 6.45) is 0. The van der Waals surface area contributed by atoms with Gasteiger partial charge in [-0.15, -0.1) is 0 Å². The van der Waals surface area contributed by atoms with E-state index in [0.717, 1.165) is 8.95 Å². The average Bonchev–Trinajstić information content (AvgIpc) is 2.58. The molecule has 0 fully saturated rings. The van der Waals surface area contributed by atoms with E-state index in [1.54, 1.807) is 24.3 Å². The van der Waals surface area contributed by atoms with Crippen LogP contribution in [0.15, 0.2) is 67.3 Å². The molecule has 26 heavy (non-hydrogen) atoms. The average molecular weight is 524 g/mol. The molecule has 0 aliphatic heterocycles. The van der Waals surface area contributed by atoms with Crippen LogP contribution in [-0.4, -0.2) is 30.0 Å². The number of rotatable bonds is 6. The number of hydrogen-bond donors (Lipinski definition) is 0. The monoisotopic (exact) mass is 522 g/mol. The summed E-state index contributed by atoms with van der Waals surface area (Å²) in [6.45, 7) is -0.833.